The summed E-state index contributed by atoms with van der Waals surface area (Å²) in [6.45, 7) is -0.621. The number of nitrogens with zero attached hydrogens (tertiary/aromatic N) is 4. The second-order valence-corrected chi connectivity index (χ2v) is 7.86. The largest absolute Gasteiger partial charge is 0.469 e. The number of imidazole rings is 1. The predicted octanol–water partition coefficient (Wildman–Crippen LogP) is 0.0343. The number of carbonyl (C=O) groups is 1. The molecule has 0 amide bonds. The van der Waals surface area contributed by atoms with E-state index in [4.69, 9.17) is 14.5 Å². The lowest BCUT2D eigenvalue weighted by atomic mass is 10.1. The summed E-state index contributed by atoms with van der Waals surface area (Å²) in [4.78, 5) is 41.4. The van der Waals surface area contributed by atoms with Gasteiger partial charge in [0.05, 0.1) is 12.9 Å². The fourth-order valence-corrected chi connectivity index (χ4v) is 3.62. The summed E-state index contributed by atoms with van der Waals surface area (Å²) in [5.41, 5.74) is 2.23. The van der Waals surface area contributed by atoms with Gasteiger partial charge in [0.15, 0.2) is 11.9 Å². The Balaban J connectivity index is 1.67. The third kappa shape index (κ3) is 3.89. The van der Waals surface area contributed by atoms with E-state index >= 15 is 0 Å². The number of carbonyl (C=O) groups excluding carboxylic acids is 1. The van der Waals surface area contributed by atoms with Crippen LogP contribution in [0.4, 0.5) is 0 Å². The van der Waals surface area contributed by atoms with Crippen LogP contribution in [0.5, 0.6) is 0 Å². The van der Waals surface area contributed by atoms with E-state index in [0.29, 0.717) is 34.3 Å². The van der Waals surface area contributed by atoms with E-state index in [9.17, 15) is 19.6 Å². The van der Waals surface area contributed by atoms with Gasteiger partial charge in [-0.05, 0) is 6.07 Å². The topological polar surface area (TPSA) is 177 Å². The van der Waals surface area contributed by atoms with Crippen molar-refractivity contribution in [2.45, 2.75) is 24.5 Å². The first kappa shape index (κ1) is 20.7. The average molecular weight is 436 g/mol. The van der Waals surface area contributed by atoms with Gasteiger partial charge < -0.3 is 24.7 Å². The molecule has 1 fully saturated rings. The number of aromatic nitrogens is 4. The Morgan fingerprint density at radius 3 is 2.73 bits per heavy atom. The minimum atomic E-state index is -4.77. The Hall–Kier alpha value is -2.57. The van der Waals surface area contributed by atoms with Crippen molar-refractivity contribution in [2.24, 2.45) is 0 Å². The minimum absolute atomic E-state index is 0.296. The number of aldehydes is 1. The molecule has 4 rings (SSSR count). The van der Waals surface area contributed by atoms with E-state index < -0.39 is 39.0 Å². The first-order valence-electron chi connectivity index (χ1n) is 8.73. The van der Waals surface area contributed by atoms with Gasteiger partial charge in [-0.2, -0.15) is 0 Å². The maximum atomic E-state index is 11.1. The number of aliphatic hydroxyl groups excluding tert-OH is 2. The van der Waals surface area contributed by atoms with E-state index in [-0.39, 0.29) is 0 Å². The van der Waals surface area contributed by atoms with Crippen LogP contribution in [0.2, 0.25) is 0 Å². The normalized spacial score (nSPS) is 24.4. The second-order valence-electron chi connectivity index (χ2n) is 6.62. The van der Waals surface area contributed by atoms with Gasteiger partial charge in [0.2, 0.25) is 0 Å². The highest BCUT2D eigenvalue weighted by Gasteiger charge is 2.45. The molecular formula is C17H17N4O8P. The molecule has 0 radical (unpaired) electrons. The third-order valence-corrected chi connectivity index (χ3v) is 5.16. The second kappa shape index (κ2) is 7.93. The fraction of sp³-hybridized carbons (Fsp3) is 0.294. The maximum absolute atomic E-state index is 11.1. The fourth-order valence-electron chi connectivity index (χ4n) is 3.28. The molecule has 12 nitrogen and oxygen atoms in total. The minimum Gasteiger partial charge on any atom is -0.387 e. The Kier molecular flexibility index (Phi) is 5.47. The highest BCUT2D eigenvalue weighted by Crippen LogP contribution is 2.39. The zero-order valence-electron chi connectivity index (χ0n) is 15.2. The smallest absolute Gasteiger partial charge is 0.387 e. The van der Waals surface area contributed by atoms with Crippen LogP contribution in [0.25, 0.3) is 22.4 Å². The molecule has 3 heterocycles. The van der Waals surface area contributed by atoms with Crippen molar-refractivity contribution in [3.8, 4) is 11.3 Å². The van der Waals surface area contributed by atoms with Crippen LogP contribution < -0.4 is 0 Å². The van der Waals surface area contributed by atoms with Gasteiger partial charge in [-0.1, -0.05) is 18.2 Å². The van der Waals surface area contributed by atoms with Crippen LogP contribution in [0, 0.1) is 0 Å². The van der Waals surface area contributed by atoms with Crippen molar-refractivity contribution in [1.82, 2.24) is 19.5 Å². The Morgan fingerprint density at radius 2 is 2.00 bits per heavy atom. The van der Waals surface area contributed by atoms with Crippen LogP contribution in [0.15, 0.2) is 36.9 Å². The highest BCUT2D eigenvalue weighted by molar-refractivity contribution is 7.46. The summed E-state index contributed by atoms with van der Waals surface area (Å²) < 4.78 is 22.2. The number of phosphoric acid groups is 1. The number of aliphatic hydroxyl groups is 2. The van der Waals surface area contributed by atoms with Gasteiger partial charge in [-0.25, -0.2) is 19.5 Å². The molecule has 4 atom stereocenters. The molecule has 1 aliphatic heterocycles. The van der Waals surface area contributed by atoms with E-state index in [1.54, 1.807) is 24.3 Å². The lowest BCUT2D eigenvalue weighted by molar-refractivity contribution is -0.0504. The molecule has 3 aromatic rings. The molecular weight excluding hydrogens is 419 g/mol. The summed E-state index contributed by atoms with van der Waals surface area (Å²) in [5.74, 6) is 0. The zero-order chi connectivity index (χ0) is 21.5. The molecule has 4 N–H and O–H groups in total. The molecule has 1 aromatic carbocycles. The van der Waals surface area contributed by atoms with Gasteiger partial charge in [-0.3, -0.25) is 13.9 Å². The monoisotopic (exact) mass is 436 g/mol. The summed E-state index contributed by atoms with van der Waals surface area (Å²) in [6, 6.07) is 6.76. The molecule has 1 aliphatic rings. The lowest BCUT2D eigenvalue weighted by Gasteiger charge is -2.16. The third-order valence-electron chi connectivity index (χ3n) is 4.67. The maximum Gasteiger partial charge on any atom is 0.469 e. The number of hydrogen-bond donors (Lipinski definition) is 4. The molecule has 0 aliphatic carbocycles. The molecule has 0 bridgehead atoms. The van der Waals surface area contributed by atoms with Crippen LogP contribution >= 0.6 is 7.82 Å². The summed E-state index contributed by atoms with van der Waals surface area (Å²) in [7, 11) is -4.77. The van der Waals surface area contributed by atoms with Crippen molar-refractivity contribution in [1.29, 1.82) is 0 Å². The molecule has 13 heteroatoms. The first-order chi connectivity index (χ1) is 14.3. The van der Waals surface area contributed by atoms with Gasteiger partial charge in [0.25, 0.3) is 0 Å². The number of phosphoric ester groups is 1. The van der Waals surface area contributed by atoms with Crippen molar-refractivity contribution >= 4 is 25.3 Å². The number of benzene rings is 1. The van der Waals surface area contributed by atoms with Crippen molar-refractivity contribution in [3.63, 3.8) is 0 Å². The van der Waals surface area contributed by atoms with Crippen molar-refractivity contribution < 1.29 is 38.6 Å². The lowest BCUT2D eigenvalue weighted by Crippen LogP contribution is -2.33. The van der Waals surface area contributed by atoms with Crippen LogP contribution in [-0.4, -0.2) is 70.7 Å². The van der Waals surface area contributed by atoms with E-state index in [1.807, 2.05) is 0 Å². The van der Waals surface area contributed by atoms with Crippen LogP contribution in [0.3, 0.4) is 0 Å². The standard InChI is InChI=1S/C17H17N4O8P/c22-5-9-2-1-3-10(4-9)12-13-16(19-7-18-12)21(8-20-13)17-15(24)14(23)11(29-17)6-28-30(25,26)27/h1-5,7-8,11,14-15,17,23-24H,6H2,(H2,25,26,27)/t11-,14+,15-,17-/m1/s1. The zero-order valence-corrected chi connectivity index (χ0v) is 16.1. The van der Waals surface area contributed by atoms with Crippen molar-refractivity contribution in [2.75, 3.05) is 6.61 Å². The quantitative estimate of drug-likeness (QED) is 0.303. The molecule has 1 saturated heterocycles. The summed E-state index contributed by atoms with van der Waals surface area (Å²) >= 11 is 0. The molecule has 0 unspecified atom stereocenters. The highest BCUT2D eigenvalue weighted by atomic mass is 31.2. The summed E-state index contributed by atoms with van der Waals surface area (Å²) in [6.07, 6.45) is -1.84. The number of hydrogen-bond acceptors (Lipinski definition) is 9. The SMILES string of the molecule is O=Cc1cccc(-c2ncnc3c2ncn3[C@@H]2O[C@H](COP(=O)(O)O)[C@H](O)[C@H]2O)c1. The van der Waals surface area contributed by atoms with Crippen LogP contribution in [0.1, 0.15) is 16.6 Å². The van der Waals surface area contributed by atoms with Gasteiger partial charge in [0.1, 0.15) is 42.1 Å². The molecule has 158 valence electrons. The molecule has 0 spiro atoms. The van der Waals surface area contributed by atoms with Crippen molar-refractivity contribution in [3.05, 3.63) is 42.5 Å². The number of ether oxygens (including phenoxy) is 1. The molecule has 0 saturated carbocycles. The molecule has 30 heavy (non-hydrogen) atoms. The Morgan fingerprint density at radius 1 is 1.20 bits per heavy atom. The Labute approximate surface area is 169 Å². The first-order valence-corrected chi connectivity index (χ1v) is 10.3. The van der Waals surface area contributed by atoms with Gasteiger partial charge in [0, 0.05) is 11.1 Å². The summed E-state index contributed by atoms with van der Waals surface area (Å²) in [5, 5.41) is 20.6. The van der Waals surface area contributed by atoms with E-state index in [1.165, 1.54) is 17.2 Å². The number of rotatable bonds is 6. The number of fused-ring (bicyclic) bond motifs is 1. The molecule has 2 aromatic heterocycles. The van der Waals surface area contributed by atoms with E-state index in [2.05, 4.69) is 19.5 Å². The van der Waals surface area contributed by atoms with E-state index in [0.717, 1.165) is 0 Å². The predicted molar refractivity (Wildman–Crippen MR) is 100 cm³/mol. The van der Waals surface area contributed by atoms with Gasteiger partial charge >= 0.3 is 7.82 Å². The van der Waals surface area contributed by atoms with Crippen LogP contribution in [-0.2, 0) is 13.8 Å². The Bertz CT molecular complexity index is 1130. The van der Waals surface area contributed by atoms with Gasteiger partial charge in [-0.15, -0.1) is 0 Å². The average Bonchev–Trinajstić information content (AvgIpc) is 3.27.